The van der Waals surface area contributed by atoms with Crippen LogP contribution in [0.2, 0.25) is 0 Å². The molecule has 0 bridgehead atoms. The van der Waals surface area contributed by atoms with E-state index in [-0.39, 0.29) is 70.6 Å². The second-order valence-electron chi connectivity index (χ2n) is 5.58. The number of halogens is 3. The zero-order chi connectivity index (χ0) is 21.6. The molecule has 156 valence electrons. The molecule has 2 aromatic heterocycles. The molecule has 1 unspecified atom stereocenters. The van der Waals surface area contributed by atoms with Gasteiger partial charge in [0, 0.05) is 11.8 Å². The van der Waals surface area contributed by atoms with Crippen molar-refractivity contribution in [1.82, 2.24) is 15.0 Å². The average Bonchev–Trinajstić information content (AvgIpc) is 3.05. The van der Waals surface area contributed by atoms with Crippen molar-refractivity contribution in [2.24, 2.45) is 0 Å². The molecule has 0 aliphatic heterocycles. The predicted molar refractivity (Wildman–Crippen MR) is 92.1 cm³/mol. The number of H-pyrrole nitrogens is 1. The molecule has 8 nitrogen and oxygen atoms in total. The Bertz CT molecular complexity index is 997. The van der Waals surface area contributed by atoms with Crippen molar-refractivity contribution in [3.05, 3.63) is 47.8 Å². The molecule has 0 radical (unpaired) electrons. The number of hydrogen-bond acceptors (Lipinski definition) is 7. The number of carbonyl (C=O) groups is 1. The van der Waals surface area contributed by atoms with Crippen LogP contribution in [-0.4, -0.2) is 38.1 Å². The molecule has 0 fully saturated rings. The minimum Gasteiger partial charge on any atom is -0.652 e. The molecule has 0 aliphatic carbocycles. The van der Waals surface area contributed by atoms with E-state index in [4.69, 9.17) is 19.7 Å². The molecule has 0 aliphatic rings. The summed E-state index contributed by atoms with van der Waals surface area (Å²) in [6.07, 6.45) is -5.42. The molecule has 0 saturated heterocycles. The number of carboxylic acid groups (broad SMARTS) is 2. The minimum absolute atomic E-state index is 0. The van der Waals surface area contributed by atoms with Crippen LogP contribution in [0.3, 0.4) is 0 Å². The number of benzene rings is 1. The van der Waals surface area contributed by atoms with Crippen LogP contribution in [0.4, 0.5) is 18.0 Å². The van der Waals surface area contributed by atoms with Gasteiger partial charge in [-0.15, -0.1) is 0 Å². The Morgan fingerprint density at radius 2 is 1.81 bits per heavy atom. The summed E-state index contributed by atoms with van der Waals surface area (Å²) in [6.45, 7) is 0.202. The van der Waals surface area contributed by atoms with Crippen molar-refractivity contribution in [1.29, 1.82) is 0 Å². The summed E-state index contributed by atoms with van der Waals surface area (Å²) in [5, 5.41) is 17.0. The van der Waals surface area contributed by atoms with Gasteiger partial charge in [0.1, 0.15) is 5.75 Å². The standard InChI is InChI=1S/C16H14F3N3O2S.CH2O3.2Na/c1-10-13(20-7-6-14(10)24-9-16(17,18)19)8-25(23)15-21-11-4-2-3-5-12(11)22-15;2-1(3)4;;/h2-7H,8-9H2,1H3,(H,21,22);(H2,2,3,4);;/q;;2*+1/p-2. The van der Waals surface area contributed by atoms with E-state index in [1.165, 1.54) is 12.3 Å². The molecule has 0 saturated carbocycles. The van der Waals surface area contributed by atoms with Crippen LogP contribution < -0.4 is 74.1 Å². The Morgan fingerprint density at radius 1 is 1.19 bits per heavy atom. The summed E-state index contributed by atoms with van der Waals surface area (Å²) in [5.74, 6) is 0.0958. The second-order valence-corrected chi connectivity index (χ2v) is 6.95. The summed E-state index contributed by atoms with van der Waals surface area (Å²) in [7, 11) is -1.51. The molecule has 14 heteroatoms. The molecular weight excluding hydrogens is 461 g/mol. The van der Waals surface area contributed by atoms with Crippen LogP contribution in [0.1, 0.15) is 11.3 Å². The van der Waals surface area contributed by atoms with Gasteiger partial charge in [0.15, 0.2) is 11.8 Å². The molecule has 0 spiro atoms. The van der Waals surface area contributed by atoms with Crippen molar-refractivity contribution < 1.29 is 96.2 Å². The quantitative estimate of drug-likeness (QED) is 0.366. The van der Waals surface area contributed by atoms with E-state index in [1.54, 1.807) is 13.0 Å². The second kappa shape index (κ2) is 13.4. The zero-order valence-corrected chi connectivity index (χ0v) is 21.7. The summed E-state index contributed by atoms with van der Waals surface area (Å²) in [6, 6.07) is 8.62. The number of aromatic amines is 1. The van der Waals surface area contributed by atoms with E-state index in [1.807, 2.05) is 18.2 Å². The van der Waals surface area contributed by atoms with Crippen LogP contribution in [0.5, 0.6) is 5.75 Å². The molecule has 2 heterocycles. The van der Waals surface area contributed by atoms with Crippen LogP contribution in [0, 0.1) is 6.92 Å². The molecule has 0 amide bonds. The summed E-state index contributed by atoms with van der Waals surface area (Å²) >= 11 is 0. The number of rotatable bonds is 5. The summed E-state index contributed by atoms with van der Waals surface area (Å²) in [5.41, 5.74) is 2.28. The van der Waals surface area contributed by atoms with E-state index in [0.29, 0.717) is 21.9 Å². The normalized spacial score (nSPS) is 11.4. The molecule has 31 heavy (non-hydrogen) atoms. The van der Waals surface area contributed by atoms with Gasteiger partial charge in [0.25, 0.3) is 0 Å². The van der Waals surface area contributed by atoms with Gasteiger partial charge in [-0.3, -0.25) is 9.19 Å². The first-order chi connectivity index (χ1) is 13.6. The summed E-state index contributed by atoms with van der Waals surface area (Å²) in [4.78, 5) is 19.7. The maximum atomic E-state index is 12.5. The average molecular weight is 475 g/mol. The number of alkyl halides is 3. The van der Waals surface area contributed by atoms with Gasteiger partial charge in [0.05, 0.1) is 33.3 Å². The largest absolute Gasteiger partial charge is 1.00 e. The topological polar surface area (TPSA) is 131 Å². The predicted octanol–water partition coefficient (Wildman–Crippen LogP) is -4.92. The molecule has 3 rings (SSSR count). The third kappa shape index (κ3) is 9.89. The van der Waals surface area contributed by atoms with Gasteiger partial charge in [0.2, 0.25) is 0 Å². The number of aromatic nitrogens is 3. The zero-order valence-electron chi connectivity index (χ0n) is 16.9. The number of para-hydroxylation sites is 2. The SMILES string of the molecule is Cc1c(OCC(F)(F)F)ccnc1CS(=O)c1nc2ccccc2[nH]1.O=C([O-])[O-].[Na+].[Na+]. The van der Waals surface area contributed by atoms with Crippen molar-refractivity contribution in [2.75, 3.05) is 6.61 Å². The maximum absolute atomic E-state index is 12.5. The fraction of sp³-hybridized carbons (Fsp3) is 0.235. The monoisotopic (exact) mass is 475 g/mol. The number of carbonyl (C=O) groups excluding carboxylic acids is 1. The molecular formula is C17H14F3N3Na2O5S. The van der Waals surface area contributed by atoms with Crippen LogP contribution in [-0.2, 0) is 16.6 Å². The van der Waals surface area contributed by atoms with Gasteiger partial charge >= 0.3 is 65.3 Å². The first kappa shape index (κ1) is 29.9. The summed E-state index contributed by atoms with van der Waals surface area (Å²) < 4.78 is 54.2. The third-order valence-corrected chi connectivity index (χ3v) is 4.66. The number of pyridine rings is 1. The van der Waals surface area contributed by atoms with Crippen molar-refractivity contribution in [3.63, 3.8) is 0 Å². The molecule has 3 aromatic rings. The van der Waals surface area contributed by atoms with Gasteiger partial charge in [-0.1, -0.05) is 12.1 Å². The van der Waals surface area contributed by atoms with E-state index in [2.05, 4.69) is 15.0 Å². The number of fused-ring (bicyclic) bond motifs is 1. The van der Waals surface area contributed by atoms with E-state index in [0.717, 1.165) is 5.52 Å². The Balaban J connectivity index is 0.00000138. The smallest absolute Gasteiger partial charge is 0.652 e. The first-order valence-electron chi connectivity index (χ1n) is 7.92. The van der Waals surface area contributed by atoms with Gasteiger partial charge in [-0.2, -0.15) is 13.2 Å². The number of nitrogens with one attached hydrogen (secondary N) is 1. The third-order valence-electron chi connectivity index (χ3n) is 3.50. The molecule has 1 atom stereocenters. The molecule has 1 aromatic carbocycles. The Morgan fingerprint density at radius 3 is 2.39 bits per heavy atom. The van der Waals surface area contributed by atoms with Crippen LogP contribution >= 0.6 is 0 Å². The van der Waals surface area contributed by atoms with Crippen molar-refractivity contribution in [3.8, 4) is 5.75 Å². The number of ether oxygens (including phenoxy) is 1. The fourth-order valence-corrected chi connectivity index (χ4v) is 3.35. The van der Waals surface area contributed by atoms with Gasteiger partial charge < -0.3 is 24.7 Å². The Hall–Kier alpha value is -1.15. The minimum atomic E-state index is -4.42. The van der Waals surface area contributed by atoms with Crippen LogP contribution in [0.25, 0.3) is 11.0 Å². The van der Waals surface area contributed by atoms with E-state index in [9.17, 15) is 17.4 Å². The number of hydrogen-bond donors (Lipinski definition) is 1. The van der Waals surface area contributed by atoms with Crippen molar-refractivity contribution >= 4 is 28.0 Å². The number of imidazole rings is 1. The van der Waals surface area contributed by atoms with Gasteiger partial charge in [-0.05, 0) is 31.3 Å². The van der Waals surface area contributed by atoms with Crippen molar-refractivity contribution in [2.45, 2.75) is 24.0 Å². The fourth-order valence-electron chi connectivity index (χ4n) is 2.25. The Labute approximate surface area is 221 Å². The Kier molecular flexibility index (Phi) is 12.9. The van der Waals surface area contributed by atoms with Gasteiger partial charge in [-0.25, -0.2) is 4.98 Å². The van der Waals surface area contributed by atoms with E-state index >= 15 is 0 Å². The van der Waals surface area contributed by atoms with Crippen LogP contribution in [0.15, 0.2) is 41.7 Å². The molecule has 1 N–H and O–H groups in total. The number of nitrogens with zero attached hydrogens (tertiary/aromatic N) is 2. The maximum Gasteiger partial charge on any atom is 1.00 e. The van der Waals surface area contributed by atoms with E-state index < -0.39 is 29.7 Å². The first-order valence-corrected chi connectivity index (χ1v) is 9.24.